The number of hydrogen-bond acceptors (Lipinski definition) is 4. The quantitative estimate of drug-likeness (QED) is 0.278. The lowest BCUT2D eigenvalue weighted by atomic mass is 10.0. The van der Waals surface area contributed by atoms with E-state index in [2.05, 4.69) is 20.5 Å². The van der Waals surface area contributed by atoms with E-state index in [9.17, 15) is 18.0 Å². The molecule has 0 aliphatic heterocycles. The van der Waals surface area contributed by atoms with Gasteiger partial charge in [0.15, 0.2) is 17.0 Å². The van der Waals surface area contributed by atoms with Crippen LogP contribution in [0.1, 0.15) is 33.1 Å². The second-order valence-electron chi connectivity index (χ2n) is 9.47. The van der Waals surface area contributed by atoms with Crippen LogP contribution in [0.3, 0.4) is 0 Å². The molecule has 0 unspecified atom stereocenters. The van der Waals surface area contributed by atoms with Gasteiger partial charge in [0.25, 0.3) is 5.91 Å². The summed E-state index contributed by atoms with van der Waals surface area (Å²) in [5, 5.41) is 13.2. The minimum atomic E-state index is -4.72. The molecule has 3 aromatic carbocycles. The number of halogens is 3. The van der Waals surface area contributed by atoms with Crippen molar-refractivity contribution in [2.24, 2.45) is 0 Å². The van der Waals surface area contributed by atoms with E-state index in [0.717, 1.165) is 39.5 Å². The van der Waals surface area contributed by atoms with Crippen molar-refractivity contribution < 1.29 is 18.0 Å². The number of amides is 1. The number of para-hydroxylation sites is 1. The van der Waals surface area contributed by atoms with E-state index in [1.54, 1.807) is 16.8 Å². The molecule has 0 aliphatic carbocycles. The van der Waals surface area contributed by atoms with E-state index in [0.29, 0.717) is 10.1 Å². The maximum atomic E-state index is 14.1. The van der Waals surface area contributed by atoms with Gasteiger partial charge in [-0.3, -0.25) is 4.79 Å². The van der Waals surface area contributed by atoms with Crippen molar-refractivity contribution in [2.75, 3.05) is 0 Å². The average Bonchev–Trinajstić information content (AvgIpc) is 3.51. The molecule has 0 bridgehead atoms. The van der Waals surface area contributed by atoms with Crippen LogP contribution in [0.15, 0.2) is 84.9 Å². The first-order valence-corrected chi connectivity index (χ1v) is 12.5. The SMILES string of the molecule is Cc1nn(-c2ccccc2)c(C)c1CNC(=O)c1cc2nc(-c3ccc4ccccc4c3)cc(C(F)(F)F)n2n1. The second kappa shape index (κ2) is 9.64. The van der Waals surface area contributed by atoms with Crippen molar-refractivity contribution in [1.82, 2.24) is 29.7 Å². The largest absolute Gasteiger partial charge is 0.433 e. The fourth-order valence-corrected chi connectivity index (χ4v) is 4.79. The van der Waals surface area contributed by atoms with Crippen molar-refractivity contribution in [2.45, 2.75) is 26.6 Å². The topological polar surface area (TPSA) is 77.1 Å². The molecule has 10 heteroatoms. The molecule has 1 amide bonds. The molecule has 3 aromatic heterocycles. The second-order valence-corrected chi connectivity index (χ2v) is 9.47. The highest BCUT2D eigenvalue weighted by molar-refractivity contribution is 5.93. The smallest absolute Gasteiger partial charge is 0.346 e. The first-order chi connectivity index (χ1) is 19.2. The van der Waals surface area contributed by atoms with Gasteiger partial charge in [-0.2, -0.15) is 23.4 Å². The summed E-state index contributed by atoms with van der Waals surface area (Å²) in [6, 6.07) is 24.7. The van der Waals surface area contributed by atoms with Crippen LogP contribution in [0.2, 0.25) is 0 Å². The van der Waals surface area contributed by atoms with Crippen LogP contribution in [0.25, 0.3) is 33.4 Å². The van der Waals surface area contributed by atoms with E-state index in [1.807, 2.05) is 74.5 Å². The number of hydrogen-bond donors (Lipinski definition) is 1. The summed E-state index contributed by atoms with van der Waals surface area (Å²) in [7, 11) is 0. The van der Waals surface area contributed by atoms with Crippen LogP contribution < -0.4 is 5.32 Å². The van der Waals surface area contributed by atoms with Gasteiger partial charge in [-0.15, -0.1) is 0 Å². The number of carbonyl (C=O) groups excluding carboxylic acids is 1. The predicted octanol–water partition coefficient (Wildman–Crippen LogP) is 6.30. The zero-order valence-electron chi connectivity index (χ0n) is 21.6. The number of fused-ring (bicyclic) bond motifs is 2. The summed E-state index contributed by atoms with van der Waals surface area (Å²) >= 11 is 0. The van der Waals surface area contributed by atoms with Gasteiger partial charge in [0.1, 0.15) is 0 Å². The van der Waals surface area contributed by atoms with Crippen molar-refractivity contribution >= 4 is 22.3 Å². The van der Waals surface area contributed by atoms with Crippen LogP contribution in [0.4, 0.5) is 13.2 Å². The lowest BCUT2D eigenvalue weighted by Crippen LogP contribution is -2.24. The van der Waals surface area contributed by atoms with Gasteiger partial charge >= 0.3 is 6.18 Å². The summed E-state index contributed by atoms with van der Waals surface area (Å²) in [4.78, 5) is 17.4. The van der Waals surface area contributed by atoms with Crippen molar-refractivity contribution in [3.8, 4) is 16.9 Å². The molecular formula is C30H23F3N6O. The molecule has 0 radical (unpaired) electrons. The van der Waals surface area contributed by atoms with Gasteiger partial charge in [-0.1, -0.05) is 54.6 Å². The third kappa shape index (κ3) is 4.57. The summed E-state index contributed by atoms with van der Waals surface area (Å²) < 4.78 is 44.7. The van der Waals surface area contributed by atoms with Gasteiger partial charge in [-0.05, 0) is 48.9 Å². The Morgan fingerprint density at radius 1 is 0.875 bits per heavy atom. The number of aryl methyl sites for hydroxylation is 1. The minimum Gasteiger partial charge on any atom is -0.346 e. The molecule has 0 aliphatic rings. The Morgan fingerprint density at radius 2 is 1.60 bits per heavy atom. The number of benzene rings is 3. The number of carbonyl (C=O) groups is 1. The summed E-state index contributed by atoms with van der Waals surface area (Å²) in [6.45, 7) is 3.87. The first-order valence-electron chi connectivity index (χ1n) is 12.5. The lowest BCUT2D eigenvalue weighted by Gasteiger charge is -2.11. The maximum Gasteiger partial charge on any atom is 0.433 e. The van der Waals surface area contributed by atoms with E-state index >= 15 is 0 Å². The number of nitrogens with one attached hydrogen (secondary N) is 1. The van der Waals surface area contributed by atoms with E-state index in [1.165, 1.54) is 6.07 Å². The molecule has 200 valence electrons. The van der Waals surface area contributed by atoms with Crippen LogP contribution in [0, 0.1) is 13.8 Å². The van der Waals surface area contributed by atoms with Crippen molar-refractivity contribution in [3.05, 3.63) is 113 Å². The molecule has 40 heavy (non-hydrogen) atoms. The standard InChI is InChI=1S/C30H23F3N6O/c1-18-24(19(2)38(36-18)23-10-4-3-5-11-23)17-34-29(40)26-16-28-35-25(15-27(30(31,32)33)39(28)37-26)22-13-12-20-8-6-7-9-21(20)14-22/h3-16H,17H2,1-2H3,(H,34,40). The van der Waals surface area contributed by atoms with E-state index in [-0.39, 0.29) is 23.6 Å². The Kier molecular flexibility index (Phi) is 6.10. The Balaban J connectivity index is 1.32. The predicted molar refractivity (Wildman–Crippen MR) is 145 cm³/mol. The monoisotopic (exact) mass is 540 g/mol. The number of nitrogens with zero attached hydrogens (tertiary/aromatic N) is 5. The molecule has 7 nitrogen and oxygen atoms in total. The number of alkyl halides is 3. The van der Waals surface area contributed by atoms with Crippen LogP contribution in [0.5, 0.6) is 0 Å². The Bertz CT molecular complexity index is 1890. The normalized spacial score (nSPS) is 11.8. The number of aromatic nitrogens is 5. The third-order valence-electron chi connectivity index (χ3n) is 6.86. The number of rotatable bonds is 5. The highest BCUT2D eigenvalue weighted by atomic mass is 19.4. The van der Waals surface area contributed by atoms with Crippen molar-refractivity contribution in [1.29, 1.82) is 0 Å². The molecule has 3 heterocycles. The zero-order valence-corrected chi connectivity index (χ0v) is 21.6. The first kappa shape index (κ1) is 25.3. The molecule has 6 rings (SSSR count). The molecule has 0 saturated carbocycles. The highest BCUT2D eigenvalue weighted by Crippen LogP contribution is 2.33. The molecule has 0 atom stereocenters. The van der Waals surface area contributed by atoms with Crippen LogP contribution in [-0.4, -0.2) is 30.3 Å². The van der Waals surface area contributed by atoms with Gasteiger partial charge < -0.3 is 5.32 Å². The Morgan fingerprint density at radius 3 is 2.35 bits per heavy atom. The molecule has 6 aromatic rings. The molecule has 1 N–H and O–H groups in total. The van der Waals surface area contributed by atoms with Gasteiger partial charge in [-0.25, -0.2) is 14.2 Å². The zero-order chi connectivity index (χ0) is 28.0. The molecule has 0 fully saturated rings. The highest BCUT2D eigenvalue weighted by Gasteiger charge is 2.35. The Labute approximate surface area is 226 Å². The summed E-state index contributed by atoms with van der Waals surface area (Å²) in [5.74, 6) is -0.614. The van der Waals surface area contributed by atoms with Crippen LogP contribution in [-0.2, 0) is 12.7 Å². The van der Waals surface area contributed by atoms with Gasteiger partial charge in [0.05, 0.1) is 17.1 Å². The minimum absolute atomic E-state index is 0.0765. The summed E-state index contributed by atoms with van der Waals surface area (Å²) in [6.07, 6.45) is -4.72. The van der Waals surface area contributed by atoms with Gasteiger partial charge in [0, 0.05) is 29.4 Å². The maximum absolute atomic E-state index is 14.1. The summed E-state index contributed by atoms with van der Waals surface area (Å²) in [5.41, 5.74) is 2.68. The van der Waals surface area contributed by atoms with Gasteiger partial charge in [0.2, 0.25) is 0 Å². The fourth-order valence-electron chi connectivity index (χ4n) is 4.79. The van der Waals surface area contributed by atoms with E-state index < -0.39 is 17.8 Å². The fraction of sp³-hybridized carbons (Fsp3) is 0.133. The molecule has 0 saturated heterocycles. The third-order valence-corrected chi connectivity index (χ3v) is 6.86. The average molecular weight is 541 g/mol. The van der Waals surface area contributed by atoms with E-state index in [4.69, 9.17) is 0 Å². The van der Waals surface area contributed by atoms with Crippen molar-refractivity contribution in [3.63, 3.8) is 0 Å². The van der Waals surface area contributed by atoms with Crippen LogP contribution >= 0.6 is 0 Å². The molecule has 0 spiro atoms. The lowest BCUT2D eigenvalue weighted by molar-refractivity contribution is -0.142. The molecular weight excluding hydrogens is 517 g/mol. The Hall–Kier alpha value is -4.99.